The first-order chi connectivity index (χ1) is 18.0. The van der Waals surface area contributed by atoms with Crippen LogP contribution in [0.4, 0.5) is 0 Å². The van der Waals surface area contributed by atoms with Gasteiger partial charge >= 0.3 is 0 Å². The van der Waals surface area contributed by atoms with Gasteiger partial charge in [-0.25, -0.2) is 8.42 Å². The van der Waals surface area contributed by atoms with E-state index in [4.69, 9.17) is 27.9 Å². The summed E-state index contributed by atoms with van der Waals surface area (Å²) in [5, 5.41) is 6.38. The lowest BCUT2D eigenvalue weighted by Gasteiger charge is -2.22. The number of carbonyl (C=O) groups is 2. The van der Waals surface area contributed by atoms with Crippen LogP contribution in [0.1, 0.15) is 27.0 Å². The molecular formula is C28H32Cl2N2O5S. The first kappa shape index (κ1) is 31.5. The van der Waals surface area contributed by atoms with Gasteiger partial charge in [-0.3, -0.25) is 4.79 Å². The highest BCUT2D eigenvalue weighted by Crippen LogP contribution is 2.33. The number of fused-ring (bicyclic) bond motifs is 1. The summed E-state index contributed by atoms with van der Waals surface area (Å²) in [7, 11) is -1.72. The van der Waals surface area contributed by atoms with Crippen LogP contribution in [-0.4, -0.2) is 53.2 Å². The number of benzene rings is 2. The quantitative estimate of drug-likeness (QED) is 0.317. The molecule has 3 rings (SSSR count). The molecule has 0 radical (unpaired) electrons. The van der Waals surface area contributed by atoms with Crippen molar-refractivity contribution in [2.45, 2.75) is 30.3 Å². The number of halogens is 2. The molecule has 2 aromatic carbocycles. The average molecular weight is 580 g/mol. The minimum absolute atomic E-state index is 0.142. The summed E-state index contributed by atoms with van der Waals surface area (Å²) < 4.78 is 28.3. The van der Waals surface area contributed by atoms with E-state index in [9.17, 15) is 18.0 Å². The predicted octanol–water partition coefficient (Wildman–Crippen LogP) is 4.51. The highest BCUT2D eigenvalue weighted by molar-refractivity contribution is 7.90. The third-order valence-electron chi connectivity index (χ3n) is 5.67. The van der Waals surface area contributed by atoms with Crippen LogP contribution in [0.3, 0.4) is 0 Å². The van der Waals surface area contributed by atoms with Crippen molar-refractivity contribution >= 4 is 45.2 Å². The van der Waals surface area contributed by atoms with E-state index in [0.717, 1.165) is 29.5 Å². The highest BCUT2D eigenvalue weighted by Gasteiger charge is 2.24. The Morgan fingerprint density at radius 3 is 2.61 bits per heavy atom. The number of rotatable bonds is 10. The minimum atomic E-state index is -3.37. The molecule has 0 unspecified atom stereocenters. The standard InChI is InChI=1S/C20H20Cl2N2O4S.C8H12O/c1-29(27,28)15-4-2-3-12(8-15)7-14(11-25)24-20(26)18-17(21)9-13-10-23-6-5-16(13)19(18)22;1-4-6-8(5-2)7-9-3/h2-4,8-9,11,14,23H,5-7,10H2,1H3,(H,24,26);4-6H,1-2,7H2,3H3/b;8-6+/t14-;/m0./s1. The lowest BCUT2D eigenvalue weighted by Crippen LogP contribution is -2.38. The molecule has 1 amide bonds. The molecule has 0 aromatic heterocycles. The highest BCUT2D eigenvalue weighted by atomic mass is 35.5. The zero-order valence-electron chi connectivity index (χ0n) is 21.4. The molecule has 1 atom stereocenters. The summed E-state index contributed by atoms with van der Waals surface area (Å²) >= 11 is 12.7. The summed E-state index contributed by atoms with van der Waals surface area (Å²) in [6.45, 7) is 9.14. The third-order valence-corrected chi connectivity index (χ3v) is 7.50. The van der Waals surface area contributed by atoms with Gasteiger partial charge in [0.25, 0.3) is 5.91 Å². The number of hydrogen-bond acceptors (Lipinski definition) is 6. The number of ether oxygens (including phenoxy) is 1. The monoisotopic (exact) mass is 578 g/mol. The number of hydrogen-bond donors (Lipinski definition) is 2. The number of aldehydes is 1. The second kappa shape index (κ2) is 15.0. The smallest absolute Gasteiger partial charge is 0.254 e. The maximum Gasteiger partial charge on any atom is 0.254 e. The molecule has 1 heterocycles. The zero-order chi connectivity index (χ0) is 28.3. The van der Waals surface area contributed by atoms with Crippen LogP contribution in [0.25, 0.3) is 0 Å². The normalized spacial score (nSPS) is 13.8. The van der Waals surface area contributed by atoms with E-state index in [1.54, 1.807) is 37.5 Å². The Kier molecular flexibility index (Phi) is 12.4. The van der Waals surface area contributed by atoms with E-state index in [-0.39, 0.29) is 21.9 Å². The molecule has 0 saturated carbocycles. The maximum atomic E-state index is 12.8. The number of sulfone groups is 1. The van der Waals surface area contributed by atoms with Gasteiger partial charge in [-0.15, -0.1) is 0 Å². The number of methoxy groups -OCH3 is 1. The fourth-order valence-corrected chi connectivity index (χ4v) is 5.26. The lowest BCUT2D eigenvalue weighted by atomic mass is 9.97. The van der Waals surface area contributed by atoms with Crippen molar-refractivity contribution in [3.05, 3.63) is 99.6 Å². The zero-order valence-corrected chi connectivity index (χ0v) is 23.8. The lowest BCUT2D eigenvalue weighted by molar-refractivity contribution is -0.109. The van der Waals surface area contributed by atoms with Gasteiger partial charge in [0.15, 0.2) is 9.84 Å². The third kappa shape index (κ3) is 8.92. The van der Waals surface area contributed by atoms with Crippen molar-refractivity contribution in [1.29, 1.82) is 0 Å². The number of nitrogens with one attached hydrogen (secondary N) is 2. The number of allylic oxidation sites excluding steroid dienone is 2. The Hall–Kier alpha value is -2.75. The molecule has 2 N–H and O–H groups in total. The Morgan fingerprint density at radius 2 is 2.00 bits per heavy atom. The van der Waals surface area contributed by atoms with Gasteiger partial charge in [0.1, 0.15) is 6.29 Å². The largest absolute Gasteiger partial charge is 0.380 e. The van der Waals surface area contributed by atoms with Gasteiger partial charge in [0.05, 0.1) is 33.2 Å². The van der Waals surface area contributed by atoms with Crippen molar-refractivity contribution in [1.82, 2.24) is 10.6 Å². The van der Waals surface area contributed by atoms with Gasteiger partial charge < -0.3 is 20.2 Å². The molecule has 10 heteroatoms. The molecule has 204 valence electrons. The van der Waals surface area contributed by atoms with Crippen LogP contribution in [0.15, 0.2) is 72.2 Å². The van der Waals surface area contributed by atoms with Gasteiger partial charge in [-0.1, -0.05) is 66.7 Å². The molecule has 0 fully saturated rings. The number of carbonyl (C=O) groups excluding carboxylic acids is 2. The number of amides is 1. The molecule has 1 aliphatic heterocycles. The molecule has 7 nitrogen and oxygen atoms in total. The van der Waals surface area contributed by atoms with Gasteiger partial charge in [-0.05, 0) is 59.8 Å². The average Bonchev–Trinajstić information content (AvgIpc) is 2.88. The Balaban J connectivity index is 0.000000484. The van der Waals surface area contributed by atoms with Crippen LogP contribution >= 0.6 is 23.2 Å². The maximum absolute atomic E-state index is 12.8. The van der Waals surface area contributed by atoms with E-state index in [1.165, 1.54) is 12.1 Å². The topological polar surface area (TPSA) is 102 Å². The SMILES string of the molecule is C=C/C=C(\C=C)COC.CS(=O)(=O)c1cccc(C[C@@H](C=O)NC(=O)c2c(Cl)cc3c(c2Cl)CCNC3)c1. The molecule has 0 bridgehead atoms. The summed E-state index contributed by atoms with van der Waals surface area (Å²) in [5.74, 6) is -0.544. The molecule has 0 aliphatic carbocycles. The predicted molar refractivity (Wildman–Crippen MR) is 153 cm³/mol. The van der Waals surface area contributed by atoms with Crippen molar-refractivity contribution in [2.75, 3.05) is 26.5 Å². The molecule has 1 aliphatic rings. The molecule has 2 aromatic rings. The first-order valence-corrected chi connectivity index (χ1v) is 14.4. The molecular weight excluding hydrogens is 547 g/mol. The summed E-state index contributed by atoms with van der Waals surface area (Å²) in [6.07, 6.45) is 7.89. The summed E-state index contributed by atoms with van der Waals surface area (Å²) in [6, 6.07) is 7.12. The van der Waals surface area contributed by atoms with Crippen LogP contribution in [0.5, 0.6) is 0 Å². The Morgan fingerprint density at radius 1 is 1.26 bits per heavy atom. The van der Waals surface area contributed by atoms with Crippen molar-refractivity contribution < 1.29 is 22.7 Å². The fourth-order valence-electron chi connectivity index (χ4n) is 3.81. The van der Waals surface area contributed by atoms with E-state index in [0.29, 0.717) is 36.4 Å². The minimum Gasteiger partial charge on any atom is -0.380 e. The van der Waals surface area contributed by atoms with E-state index in [2.05, 4.69) is 23.8 Å². The van der Waals surface area contributed by atoms with Crippen LogP contribution in [0.2, 0.25) is 10.0 Å². The summed E-state index contributed by atoms with van der Waals surface area (Å²) in [4.78, 5) is 24.5. The van der Waals surface area contributed by atoms with Gasteiger partial charge in [-0.2, -0.15) is 0 Å². The summed E-state index contributed by atoms with van der Waals surface area (Å²) in [5.41, 5.74) is 3.63. The van der Waals surface area contributed by atoms with Gasteiger partial charge in [0.2, 0.25) is 0 Å². The fraction of sp³-hybridized carbons (Fsp3) is 0.286. The van der Waals surface area contributed by atoms with E-state index in [1.807, 2.05) is 6.08 Å². The Labute approximate surface area is 234 Å². The Bertz CT molecular complexity index is 1320. The second-order valence-corrected chi connectivity index (χ2v) is 11.4. The van der Waals surface area contributed by atoms with Crippen molar-refractivity contribution in [2.24, 2.45) is 0 Å². The van der Waals surface area contributed by atoms with Crippen molar-refractivity contribution in [3.8, 4) is 0 Å². The van der Waals surface area contributed by atoms with E-state index < -0.39 is 21.8 Å². The van der Waals surface area contributed by atoms with E-state index >= 15 is 0 Å². The first-order valence-electron chi connectivity index (χ1n) is 11.7. The molecule has 38 heavy (non-hydrogen) atoms. The van der Waals surface area contributed by atoms with Crippen LogP contribution < -0.4 is 10.6 Å². The molecule has 0 spiro atoms. The van der Waals surface area contributed by atoms with Crippen molar-refractivity contribution in [3.63, 3.8) is 0 Å². The van der Waals surface area contributed by atoms with Crippen LogP contribution in [-0.2, 0) is 38.8 Å². The molecule has 0 saturated heterocycles. The van der Waals surface area contributed by atoms with Crippen LogP contribution in [0, 0.1) is 0 Å². The van der Waals surface area contributed by atoms with Gasteiger partial charge in [0, 0.05) is 19.9 Å². The second-order valence-electron chi connectivity index (χ2n) is 8.57.